The number of carbonyl (C=O) groups excluding carboxylic acids is 1. The average molecular weight is 303 g/mol. The van der Waals surface area contributed by atoms with Gasteiger partial charge in [-0.05, 0) is 31.7 Å². The number of halogens is 3. The number of carbonyl (C=O) groups is 1. The van der Waals surface area contributed by atoms with Crippen LogP contribution in [0.3, 0.4) is 0 Å². The van der Waals surface area contributed by atoms with Gasteiger partial charge in [-0.25, -0.2) is 0 Å². The first-order valence-corrected chi connectivity index (χ1v) is 6.62. The van der Waals surface area contributed by atoms with Crippen molar-refractivity contribution in [2.75, 3.05) is 32.1 Å². The van der Waals surface area contributed by atoms with Gasteiger partial charge < -0.3 is 15.5 Å². The third kappa shape index (κ3) is 4.93. The van der Waals surface area contributed by atoms with Crippen LogP contribution in [0.25, 0.3) is 0 Å². The molecule has 0 aliphatic heterocycles. The fourth-order valence-electron chi connectivity index (χ4n) is 1.97. The Morgan fingerprint density at radius 2 is 2.00 bits per heavy atom. The molecule has 0 saturated heterocycles. The molecule has 0 unspecified atom stereocenters. The lowest BCUT2D eigenvalue weighted by Gasteiger charge is -2.21. The van der Waals surface area contributed by atoms with Crippen molar-refractivity contribution in [1.29, 1.82) is 0 Å². The number of hydrogen-bond acceptors (Lipinski definition) is 3. The second kappa shape index (κ2) is 7.31. The fraction of sp³-hybridized carbons (Fsp3) is 0.500. The van der Waals surface area contributed by atoms with Gasteiger partial charge in [0.25, 0.3) is 0 Å². The maximum atomic E-state index is 13.1. The van der Waals surface area contributed by atoms with Crippen molar-refractivity contribution >= 4 is 11.6 Å². The molecular formula is C14H20F3N3O. The highest BCUT2D eigenvalue weighted by Crippen LogP contribution is 2.34. The van der Waals surface area contributed by atoms with Gasteiger partial charge in [-0.15, -0.1) is 0 Å². The number of nitrogens with zero attached hydrogens (tertiary/aromatic N) is 1. The molecule has 0 atom stereocenters. The van der Waals surface area contributed by atoms with Gasteiger partial charge in [0.15, 0.2) is 0 Å². The highest BCUT2D eigenvalue weighted by atomic mass is 19.4. The average Bonchev–Trinajstić information content (AvgIpc) is 2.38. The molecule has 0 saturated carbocycles. The van der Waals surface area contributed by atoms with Crippen LogP contribution in [0.2, 0.25) is 0 Å². The standard InChI is InChI=1S/C14H20F3N3O/c1-4-19-13(21)9-20(3)11-6-5-10(8-18-2)12(7-11)14(15,16)17/h5-7,18H,4,8-9H2,1-3H3,(H,19,21). The Bertz CT molecular complexity index is 489. The minimum atomic E-state index is -4.42. The number of anilines is 1. The molecule has 0 spiro atoms. The first-order chi connectivity index (χ1) is 9.79. The summed E-state index contributed by atoms with van der Waals surface area (Å²) < 4.78 is 39.2. The summed E-state index contributed by atoms with van der Waals surface area (Å²) in [5.41, 5.74) is -0.148. The molecule has 1 aromatic carbocycles. The topological polar surface area (TPSA) is 44.4 Å². The number of likely N-dealkylation sites (N-methyl/N-ethyl adjacent to an activating group) is 2. The van der Waals surface area contributed by atoms with Crippen LogP contribution in [-0.4, -0.2) is 33.1 Å². The van der Waals surface area contributed by atoms with E-state index in [1.54, 1.807) is 27.1 Å². The summed E-state index contributed by atoms with van der Waals surface area (Å²) in [5.74, 6) is -0.229. The summed E-state index contributed by atoms with van der Waals surface area (Å²) >= 11 is 0. The van der Waals surface area contributed by atoms with Crippen molar-refractivity contribution < 1.29 is 18.0 Å². The zero-order valence-corrected chi connectivity index (χ0v) is 12.3. The molecule has 7 heteroatoms. The second-order valence-corrected chi connectivity index (χ2v) is 4.68. The molecule has 1 aromatic rings. The Morgan fingerprint density at radius 3 is 2.52 bits per heavy atom. The molecule has 1 rings (SSSR count). The fourth-order valence-corrected chi connectivity index (χ4v) is 1.97. The van der Waals surface area contributed by atoms with Crippen LogP contribution in [0.15, 0.2) is 18.2 Å². The molecule has 0 aliphatic carbocycles. The lowest BCUT2D eigenvalue weighted by atomic mass is 10.1. The van der Waals surface area contributed by atoms with E-state index in [2.05, 4.69) is 10.6 Å². The predicted molar refractivity (Wildman–Crippen MR) is 76.2 cm³/mol. The molecule has 0 bridgehead atoms. The minimum Gasteiger partial charge on any atom is -0.365 e. The molecule has 1 amide bonds. The van der Waals surface area contributed by atoms with E-state index in [1.807, 2.05) is 0 Å². The second-order valence-electron chi connectivity index (χ2n) is 4.68. The smallest absolute Gasteiger partial charge is 0.365 e. The summed E-state index contributed by atoms with van der Waals surface area (Å²) in [6.45, 7) is 2.42. The van der Waals surface area contributed by atoms with Crippen LogP contribution in [0.1, 0.15) is 18.1 Å². The van der Waals surface area contributed by atoms with Gasteiger partial charge in [0.05, 0.1) is 12.1 Å². The summed E-state index contributed by atoms with van der Waals surface area (Å²) in [4.78, 5) is 13.0. The molecule has 4 nitrogen and oxygen atoms in total. The molecule has 0 heterocycles. The van der Waals surface area contributed by atoms with Gasteiger partial charge in [0, 0.05) is 25.8 Å². The van der Waals surface area contributed by atoms with E-state index in [-0.39, 0.29) is 24.6 Å². The zero-order chi connectivity index (χ0) is 16.0. The molecule has 0 fully saturated rings. The number of benzene rings is 1. The van der Waals surface area contributed by atoms with Gasteiger partial charge in [0.1, 0.15) is 0 Å². The van der Waals surface area contributed by atoms with E-state index in [0.717, 1.165) is 6.07 Å². The molecule has 0 aromatic heterocycles. The molecular weight excluding hydrogens is 283 g/mol. The lowest BCUT2D eigenvalue weighted by Crippen LogP contribution is -2.35. The molecule has 21 heavy (non-hydrogen) atoms. The van der Waals surface area contributed by atoms with Crippen molar-refractivity contribution in [1.82, 2.24) is 10.6 Å². The Kier molecular flexibility index (Phi) is 6.02. The van der Waals surface area contributed by atoms with Gasteiger partial charge in [-0.3, -0.25) is 4.79 Å². The molecule has 0 radical (unpaired) electrons. The van der Waals surface area contributed by atoms with Gasteiger partial charge >= 0.3 is 6.18 Å². The van der Waals surface area contributed by atoms with Crippen molar-refractivity contribution in [2.45, 2.75) is 19.6 Å². The number of nitrogens with one attached hydrogen (secondary N) is 2. The minimum absolute atomic E-state index is 0.0104. The first kappa shape index (κ1) is 17.3. The summed E-state index contributed by atoms with van der Waals surface area (Å²) in [5, 5.41) is 5.33. The first-order valence-electron chi connectivity index (χ1n) is 6.62. The predicted octanol–water partition coefficient (Wildman–Crippen LogP) is 2.00. The van der Waals surface area contributed by atoms with E-state index >= 15 is 0 Å². The van der Waals surface area contributed by atoms with Crippen LogP contribution in [-0.2, 0) is 17.5 Å². The van der Waals surface area contributed by atoms with Crippen LogP contribution in [0.5, 0.6) is 0 Å². The Labute approximate surface area is 122 Å². The van der Waals surface area contributed by atoms with Crippen molar-refractivity contribution in [3.05, 3.63) is 29.3 Å². The highest BCUT2D eigenvalue weighted by Gasteiger charge is 2.33. The molecule has 2 N–H and O–H groups in total. The van der Waals surface area contributed by atoms with Crippen LogP contribution in [0, 0.1) is 0 Å². The van der Waals surface area contributed by atoms with E-state index in [9.17, 15) is 18.0 Å². The Morgan fingerprint density at radius 1 is 1.33 bits per heavy atom. The monoisotopic (exact) mass is 303 g/mol. The van der Waals surface area contributed by atoms with Crippen LogP contribution >= 0.6 is 0 Å². The number of hydrogen-bond donors (Lipinski definition) is 2. The Balaban J connectivity index is 3.01. The quantitative estimate of drug-likeness (QED) is 0.845. The van der Waals surface area contributed by atoms with Crippen molar-refractivity contribution in [2.24, 2.45) is 0 Å². The van der Waals surface area contributed by atoms with E-state index in [4.69, 9.17) is 0 Å². The lowest BCUT2D eigenvalue weighted by molar-refractivity contribution is -0.138. The largest absolute Gasteiger partial charge is 0.416 e. The summed E-state index contributed by atoms with van der Waals surface area (Å²) in [6.07, 6.45) is -4.42. The normalized spacial score (nSPS) is 11.3. The summed E-state index contributed by atoms with van der Waals surface area (Å²) in [7, 11) is 3.18. The zero-order valence-electron chi connectivity index (χ0n) is 12.3. The molecule has 118 valence electrons. The van der Waals surface area contributed by atoms with Gasteiger partial charge in [-0.1, -0.05) is 6.07 Å². The number of rotatable bonds is 6. The van der Waals surface area contributed by atoms with Crippen molar-refractivity contribution in [3.8, 4) is 0 Å². The number of alkyl halides is 3. The third-order valence-corrected chi connectivity index (χ3v) is 2.96. The van der Waals surface area contributed by atoms with E-state index < -0.39 is 11.7 Å². The SMILES string of the molecule is CCNC(=O)CN(C)c1ccc(CNC)c(C(F)(F)F)c1. The third-order valence-electron chi connectivity index (χ3n) is 2.96. The van der Waals surface area contributed by atoms with Crippen LogP contribution in [0.4, 0.5) is 18.9 Å². The number of amides is 1. The Hall–Kier alpha value is -1.76. The van der Waals surface area contributed by atoms with Gasteiger partial charge in [-0.2, -0.15) is 13.2 Å². The van der Waals surface area contributed by atoms with E-state index in [0.29, 0.717) is 12.2 Å². The van der Waals surface area contributed by atoms with Gasteiger partial charge in [0.2, 0.25) is 5.91 Å². The summed E-state index contributed by atoms with van der Waals surface area (Å²) in [6, 6.07) is 4.09. The van der Waals surface area contributed by atoms with E-state index in [1.165, 1.54) is 11.0 Å². The van der Waals surface area contributed by atoms with Crippen molar-refractivity contribution in [3.63, 3.8) is 0 Å². The maximum absolute atomic E-state index is 13.1. The highest BCUT2D eigenvalue weighted by molar-refractivity contribution is 5.81. The maximum Gasteiger partial charge on any atom is 0.416 e. The van der Waals surface area contributed by atoms with Crippen LogP contribution < -0.4 is 15.5 Å². The molecule has 0 aliphatic rings.